The summed E-state index contributed by atoms with van der Waals surface area (Å²) in [6, 6.07) is 8.27. The third-order valence-electron chi connectivity index (χ3n) is 2.93. The van der Waals surface area contributed by atoms with Crippen molar-refractivity contribution in [2.75, 3.05) is 11.1 Å². The standard InChI is InChI=1S/C14H10F3NO3S/c15-9-18(22(20,21)10-4-2-1-3-5-10)13-7-6-12(16)11(8-19)14(13)17/h1-8H,9H2. The molecule has 0 radical (unpaired) electrons. The first-order valence-electron chi connectivity index (χ1n) is 6.00. The largest absolute Gasteiger partial charge is 0.298 e. The number of sulfonamides is 1. The molecule has 0 aliphatic carbocycles. The molecule has 0 aromatic heterocycles. The van der Waals surface area contributed by atoms with E-state index in [1.54, 1.807) is 6.07 Å². The summed E-state index contributed by atoms with van der Waals surface area (Å²) < 4.78 is 65.4. The van der Waals surface area contributed by atoms with Gasteiger partial charge in [0.25, 0.3) is 10.0 Å². The molecule has 0 N–H and O–H groups in total. The summed E-state index contributed by atoms with van der Waals surface area (Å²) in [5.74, 6) is -2.60. The zero-order valence-electron chi connectivity index (χ0n) is 11.0. The Morgan fingerprint density at radius 3 is 2.23 bits per heavy atom. The number of nitrogens with zero attached hydrogens (tertiary/aromatic N) is 1. The van der Waals surface area contributed by atoms with Gasteiger partial charge in [0, 0.05) is 0 Å². The summed E-state index contributed by atoms with van der Waals surface area (Å²) in [5, 5.41) is 0. The zero-order valence-corrected chi connectivity index (χ0v) is 11.9. The molecule has 2 rings (SSSR count). The van der Waals surface area contributed by atoms with Crippen molar-refractivity contribution in [3.8, 4) is 0 Å². The maximum Gasteiger partial charge on any atom is 0.266 e. The minimum atomic E-state index is -4.38. The van der Waals surface area contributed by atoms with Crippen molar-refractivity contribution >= 4 is 22.0 Å². The highest BCUT2D eigenvalue weighted by molar-refractivity contribution is 7.92. The van der Waals surface area contributed by atoms with Gasteiger partial charge < -0.3 is 0 Å². The van der Waals surface area contributed by atoms with Gasteiger partial charge >= 0.3 is 0 Å². The first-order chi connectivity index (χ1) is 10.4. The summed E-state index contributed by atoms with van der Waals surface area (Å²) in [7, 11) is -4.38. The summed E-state index contributed by atoms with van der Waals surface area (Å²) in [4.78, 5) is 10.4. The van der Waals surface area contributed by atoms with Crippen molar-refractivity contribution in [1.29, 1.82) is 0 Å². The van der Waals surface area contributed by atoms with Gasteiger partial charge in [-0.05, 0) is 24.3 Å². The number of hydrogen-bond donors (Lipinski definition) is 0. The highest BCUT2D eigenvalue weighted by Crippen LogP contribution is 2.28. The molecule has 0 heterocycles. The topological polar surface area (TPSA) is 54.5 Å². The van der Waals surface area contributed by atoms with Gasteiger partial charge in [-0.1, -0.05) is 18.2 Å². The molecule has 2 aromatic rings. The van der Waals surface area contributed by atoms with Crippen molar-refractivity contribution in [1.82, 2.24) is 0 Å². The van der Waals surface area contributed by atoms with E-state index >= 15 is 0 Å². The number of halogens is 3. The van der Waals surface area contributed by atoms with E-state index in [4.69, 9.17) is 0 Å². The van der Waals surface area contributed by atoms with Crippen LogP contribution in [0.25, 0.3) is 0 Å². The van der Waals surface area contributed by atoms with Crippen molar-refractivity contribution < 1.29 is 26.4 Å². The average molecular weight is 329 g/mol. The Bertz CT molecular complexity index is 794. The van der Waals surface area contributed by atoms with E-state index in [-0.39, 0.29) is 15.5 Å². The molecule has 0 aliphatic rings. The van der Waals surface area contributed by atoms with Gasteiger partial charge in [-0.25, -0.2) is 25.9 Å². The fourth-order valence-corrected chi connectivity index (χ4v) is 3.12. The van der Waals surface area contributed by atoms with E-state index in [1.165, 1.54) is 24.3 Å². The maximum atomic E-state index is 14.1. The summed E-state index contributed by atoms with van der Waals surface area (Å²) in [5.41, 5.74) is -1.70. The lowest BCUT2D eigenvalue weighted by Gasteiger charge is -2.22. The smallest absolute Gasteiger partial charge is 0.266 e. The predicted molar refractivity (Wildman–Crippen MR) is 73.8 cm³/mol. The van der Waals surface area contributed by atoms with Gasteiger partial charge in [-0.2, -0.15) is 0 Å². The quantitative estimate of drug-likeness (QED) is 0.626. The van der Waals surface area contributed by atoms with E-state index in [9.17, 15) is 26.4 Å². The van der Waals surface area contributed by atoms with E-state index < -0.39 is 39.7 Å². The van der Waals surface area contributed by atoms with Crippen LogP contribution in [0.5, 0.6) is 0 Å². The number of anilines is 1. The van der Waals surface area contributed by atoms with Crippen LogP contribution >= 0.6 is 0 Å². The van der Waals surface area contributed by atoms with E-state index in [1.807, 2.05) is 0 Å². The fourth-order valence-electron chi connectivity index (χ4n) is 1.84. The normalized spacial score (nSPS) is 11.2. The minimum absolute atomic E-state index is 0.0975. The van der Waals surface area contributed by atoms with Gasteiger partial charge in [-0.3, -0.25) is 4.79 Å². The first kappa shape index (κ1) is 16.0. The molecule has 116 valence electrons. The minimum Gasteiger partial charge on any atom is -0.298 e. The number of hydrogen-bond acceptors (Lipinski definition) is 3. The number of aldehydes is 1. The van der Waals surface area contributed by atoms with Crippen LogP contribution in [0.15, 0.2) is 47.4 Å². The molecule has 0 fully saturated rings. The van der Waals surface area contributed by atoms with Crippen LogP contribution in [0, 0.1) is 11.6 Å². The van der Waals surface area contributed by atoms with E-state index in [0.717, 1.165) is 6.07 Å². The Morgan fingerprint density at radius 1 is 1.05 bits per heavy atom. The Balaban J connectivity index is 2.61. The van der Waals surface area contributed by atoms with Crippen molar-refractivity contribution in [3.05, 3.63) is 59.7 Å². The van der Waals surface area contributed by atoms with Gasteiger partial charge in [0.05, 0.1) is 16.1 Å². The monoisotopic (exact) mass is 329 g/mol. The summed E-state index contributed by atoms with van der Waals surface area (Å²) in [6.45, 7) is -1.57. The lowest BCUT2D eigenvalue weighted by molar-refractivity contribution is 0.111. The Hall–Kier alpha value is -2.35. The summed E-state index contributed by atoms with van der Waals surface area (Å²) in [6.07, 6.45) is -0.0975. The number of rotatable bonds is 5. The molecule has 0 spiro atoms. The number of carbonyl (C=O) groups excluding carboxylic acids is 1. The molecule has 0 saturated carbocycles. The fraction of sp³-hybridized carbons (Fsp3) is 0.0714. The van der Waals surface area contributed by atoms with Gasteiger partial charge in [0.2, 0.25) is 0 Å². The molecule has 0 bridgehead atoms. The third-order valence-corrected chi connectivity index (χ3v) is 4.67. The molecule has 0 aliphatic heterocycles. The Morgan fingerprint density at radius 2 is 1.68 bits per heavy atom. The van der Waals surface area contributed by atoms with Crippen molar-refractivity contribution in [3.63, 3.8) is 0 Å². The second-order valence-corrected chi connectivity index (χ2v) is 6.06. The molecular weight excluding hydrogens is 319 g/mol. The number of benzene rings is 2. The predicted octanol–water partition coefficient (Wildman–Crippen LogP) is 2.90. The number of alkyl halides is 1. The van der Waals surface area contributed by atoms with Crippen LogP contribution in [0.2, 0.25) is 0 Å². The third kappa shape index (κ3) is 2.69. The van der Waals surface area contributed by atoms with Crippen LogP contribution < -0.4 is 4.31 Å². The Labute approximate surface area is 124 Å². The lowest BCUT2D eigenvalue weighted by atomic mass is 10.2. The molecule has 4 nitrogen and oxygen atoms in total. The second kappa shape index (κ2) is 6.18. The molecular formula is C14H10F3NO3S. The zero-order chi connectivity index (χ0) is 16.3. The highest BCUT2D eigenvalue weighted by Gasteiger charge is 2.28. The molecule has 8 heteroatoms. The molecule has 0 amide bonds. The van der Waals surface area contributed by atoms with Crippen LogP contribution in [0.4, 0.5) is 18.9 Å². The molecule has 0 unspecified atom stereocenters. The molecule has 0 saturated heterocycles. The molecule has 2 aromatic carbocycles. The summed E-state index contributed by atoms with van der Waals surface area (Å²) >= 11 is 0. The second-order valence-electron chi connectivity index (χ2n) is 4.20. The van der Waals surface area contributed by atoms with E-state index in [0.29, 0.717) is 6.07 Å². The van der Waals surface area contributed by atoms with Crippen LogP contribution in [-0.2, 0) is 10.0 Å². The average Bonchev–Trinajstić information content (AvgIpc) is 2.51. The molecule has 0 atom stereocenters. The van der Waals surface area contributed by atoms with Crippen LogP contribution in [0.3, 0.4) is 0 Å². The highest BCUT2D eigenvalue weighted by atomic mass is 32.2. The van der Waals surface area contributed by atoms with Crippen molar-refractivity contribution in [2.24, 2.45) is 0 Å². The van der Waals surface area contributed by atoms with Gasteiger partial charge in [0.1, 0.15) is 5.82 Å². The molecule has 22 heavy (non-hydrogen) atoms. The lowest BCUT2D eigenvalue weighted by Crippen LogP contribution is -2.31. The van der Waals surface area contributed by atoms with Crippen LogP contribution in [-0.4, -0.2) is 21.5 Å². The van der Waals surface area contributed by atoms with Crippen LogP contribution in [0.1, 0.15) is 10.4 Å². The Kier molecular flexibility index (Phi) is 4.51. The van der Waals surface area contributed by atoms with E-state index in [2.05, 4.69) is 0 Å². The first-order valence-corrected chi connectivity index (χ1v) is 7.44. The van der Waals surface area contributed by atoms with Crippen molar-refractivity contribution in [2.45, 2.75) is 4.90 Å². The van der Waals surface area contributed by atoms with Gasteiger partial charge in [0.15, 0.2) is 18.9 Å². The maximum absolute atomic E-state index is 14.1. The SMILES string of the molecule is O=Cc1c(F)ccc(N(CF)S(=O)(=O)c2ccccc2)c1F. The number of carbonyl (C=O) groups is 1. The van der Waals surface area contributed by atoms with Gasteiger partial charge in [-0.15, -0.1) is 0 Å².